The maximum atomic E-state index is 11.3. The van der Waals surface area contributed by atoms with Crippen molar-refractivity contribution in [3.05, 3.63) is 35.0 Å². The summed E-state index contributed by atoms with van der Waals surface area (Å²) < 4.78 is 0. The molecule has 96 valence electrons. The number of benzene rings is 1. The molecule has 1 aromatic heterocycles. The number of carbonyl (C=O) groups excluding carboxylic acids is 1. The van der Waals surface area contributed by atoms with Gasteiger partial charge in [0, 0.05) is 28.2 Å². The van der Waals surface area contributed by atoms with Crippen molar-refractivity contribution in [2.75, 3.05) is 7.05 Å². The topological polar surface area (TPSA) is 70.9 Å². The van der Waals surface area contributed by atoms with Gasteiger partial charge in [-0.2, -0.15) is 0 Å². The molecule has 0 aliphatic heterocycles. The molecule has 1 aliphatic rings. The Labute approximate surface area is 134 Å². The predicted octanol–water partition coefficient (Wildman–Crippen LogP) is 0.695. The van der Waals surface area contributed by atoms with Crippen LogP contribution < -0.4 is 11.1 Å². The van der Waals surface area contributed by atoms with E-state index in [0.717, 1.165) is 30.2 Å². The van der Waals surface area contributed by atoms with Crippen LogP contribution in [0.2, 0.25) is 0 Å². The van der Waals surface area contributed by atoms with Gasteiger partial charge in [0.25, 0.3) is 0 Å². The van der Waals surface area contributed by atoms with E-state index >= 15 is 0 Å². The first-order valence-corrected chi connectivity index (χ1v) is 6.29. The molecular formula is C14H18N3NaO. The molecule has 2 aromatic rings. The summed E-state index contributed by atoms with van der Waals surface area (Å²) in [6, 6.07) is 6.16. The van der Waals surface area contributed by atoms with Crippen molar-refractivity contribution < 1.29 is 4.79 Å². The van der Waals surface area contributed by atoms with Crippen molar-refractivity contribution >= 4 is 46.4 Å². The number of H-pyrrole nitrogens is 1. The molecule has 0 saturated carbocycles. The van der Waals surface area contributed by atoms with Crippen LogP contribution in [-0.2, 0) is 12.8 Å². The zero-order valence-electron chi connectivity index (χ0n) is 10.4. The predicted molar refractivity (Wildman–Crippen MR) is 78.8 cm³/mol. The molecule has 0 unspecified atom stereocenters. The van der Waals surface area contributed by atoms with Crippen LogP contribution in [0.1, 0.15) is 28.0 Å². The number of carbonyl (C=O) groups is 1. The van der Waals surface area contributed by atoms with Gasteiger partial charge in [0.15, 0.2) is 0 Å². The summed E-state index contributed by atoms with van der Waals surface area (Å²) in [5.41, 5.74) is 9.66. The fourth-order valence-electron chi connectivity index (χ4n) is 2.82. The van der Waals surface area contributed by atoms with Crippen LogP contribution in [0.5, 0.6) is 0 Å². The number of fused-ring (bicyclic) bond motifs is 3. The van der Waals surface area contributed by atoms with E-state index in [9.17, 15) is 4.79 Å². The zero-order chi connectivity index (χ0) is 12.7. The van der Waals surface area contributed by atoms with Gasteiger partial charge in [0.2, 0.25) is 5.91 Å². The standard InChI is InChI=1S/C14H17N3O.Na.H/c1-16-9-3-5-13-11(7-9)10-6-8(14(15)18)2-4-12(10)17-13;;/h2,4,6,9,16-17H,3,5,7H2,1H3,(H2,15,18);;/t9-;;/m1../s1. The van der Waals surface area contributed by atoms with Gasteiger partial charge in [-0.1, -0.05) is 0 Å². The molecule has 3 rings (SSSR count). The number of aromatic nitrogens is 1. The first-order valence-electron chi connectivity index (χ1n) is 6.29. The summed E-state index contributed by atoms with van der Waals surface area (Å²) in [6.45, 7) is 0. The summed E-state index contributed by atoms with van der Waals surface area (Å²) >= 11 is 0. The van der Waals surface area contributed by atoms with Gasteiger partial charge in [-0.15, -0.1) is 0 Å². The molecule has 0 radical (unpaired) electrons. The molecule has 0 bridgehead atoms. The molecule has 0 saturated heterocycles. The Bertz CT molecular complexity index is 620. The number of nitrogens with two attached hydrogens (primary N) is 1. The molecule has 1 amide bonds. The number of hydrogen-bond donors (Lipinski definition) is 3. The number of nitrogens with one attached hydrogen (secondary N) is 2. The van der Waals surface area contributed by atoms with E-state index in [2.05, 4.69) is 10.3 Å². The fraction of sp³-hybridized carbons (Fsp3) is 0.357. The van der Waals surface area contributed by atoms with Gasteiger partial charge >= 0.3 is 29.6 Å². The van der Waals surface area contributed by atoms with Crippen molar-refractivity contribution in [2.24, 2.45) is 5.73 Å². The van der Waals surface area contributed by atoms with Crippen LogP contribution in [0.15, 0.2) is 18.2 Å². The minimum absolute atomic E-state index is 0. The number of amides is 1. The molecule has 1 atom stereocenters. The van der Waals surface area contributed by atoms with Crippen LogP contribution >= 0.6 is 0 Å². The molecule has 5 heteroatoms. The van der Waals surface area contributed by atoms with Gasteiger partial charge in [0.05, 0.1) is 0 Å². The average molecular weight is 267 g/mol. The summed E-state index contributed by atoms with van der Waals surface area (Å²) in [4.78, 5) is 14.7. The second-order valence-electron chi connectivity index (χ2n) is 4.94. The Morgan fingerprint density at radius 1 is 1.47 bits per heavy atom. The molecule has 0 spiro atoms. The minimum atomic E-state index is -0.368. The van der Waals surface area contributed by atoms with E-state index in [-0.39, 0.29) is 35.5 Å². The second kappa shape index (κ2) is 5.67. The van der Waals surface area contributed by atoms with Crippen molar-refractivity contribution in [1.29, 1.82) is 0 Å². The average Bonchev–Trinajstić information content (AvgIpc) is 2.75. The number of aromatic amines is 1. The molecule has 4 N–H and O–H groups in total. The van der Waals surface area contributed by atoms with Gasteiger partial charge in [-0.3, -0.25) is 4.79 Å². The van der Waals surface area contributed by atoms with Gasteiger partial charge in [-0.25, -0.2) is 0 Å². The number of hydrogen-bond acceptors (Lipinski definition) is 2. The molecule has 1 aliphatic carbocycles. The van der Waals surface area contributed by atoms with Crippen molar-refractivity contribution in [3.8, 4) is 0 Å². The van der Waals surface area contributed by atoms with Crippen LogP contribution in [0.3, 0.4) is 0 Å². The summed E-state index contributed by atoms with van der Waals surface area (Å²) in [5, 5.41) is 4.47. The van der Waals surface area contributed by atoms with Crippen molar-refractivity contribution in [3.63, 3.8) is 0 Å². The van der Waals surface area contributed by atoms with Crippen LogP contribution in [-0.4, -0.2) is 53.5 Å². The number of likely N-dealkylation sites (N-methyl/N-ethyl adjacent to an activating group) is 1. The monoisotopic (exact) mass is 267 g/mol. The Morgan fingerprint density at radius 3 is 2.95 bits per heavy atom. The molecule has 1 heterocycles. The van der Waals surface area contributed by atoms with E-state index in [4.69, 9.17) is 5.73 Å². The van der Waals surface area contributed by atoms with E-state index in [1.165, 1.54) is 11.3 Å². The van der Waals surface area contributed by atoms with Crippen molar-refractivity contribution in [2.45, 2.75) is 25.3 Å². The Hall–Kier alpha value is -0.810. The molecular weight excluding hydrogens is 249 g/mol. The molecule has 1 aromatic carbocycles. The SMILES string of the molecule is CN[C@@H]1CCc2[nH]c3ccc(C(N)=O)cc3c2C1.[NaH]. The Morgan fingerprint density at radius 2 is 2.26 bits per heavy atom. The van der Waals surface area contributed by atoms with Crippen molar-refractivity contribution in [1.82, 2.24) is 10.3 Å². The quantitative estimate of drug-likeness (QED) is 0.701. The number of aryl methyl sites for hydroxylation is 1. The summed E-state index contributed by atoms with van der Waals surface area (Å²) in [6.07, 6.45) is 3.22. The van der Waals surface area contributed by atoms with Crippen LogP contribution in [0.25, 0.3) is 10.9 Å². The number of primary amides is 1. The molecule has 4 nitrogen and oxygen atoms in total. The van der Waals surface area contributed by atoms with E-state index in [1.807, 2.05) is 19.2 Å². The van der Waals surface area contributed by atoms with E-state index < -0.39 is 0 Å². The third kappa shape index (κ3) is 2.58. The first-order chi connectivity index (χ1) is 8.69. The maximum absolute atomic E-state index is 11.3. The van der Waals surface area contributed by atoms with E-state index in [0.29, 0.717) is 11.6 Å². The normalized spacial score (nSPS) is 17.8. The Balaban J connectivity index is 0.00000133. The zero-order valence-corrected chi connectivity index (χ0v) is 10.4. The van der Waals surface area contributed by atoms with Gasteiger partial charge in [0.1, 0.15) is 0 Å². The van der Waals surface area contributed by atoms with Gasteiger partial charge in [-0.05, 0) is 50.1 Å². The molecule has 19 heavy (non-hydrogen) atoms. The third-order valence-electron chi connectivity index (χ3n) is 3.88. The Kier molecular flexibility index (Phi) is 4.36. The van der Waals surface area contributed by atoms with Crippen LogP contribution in [0, 0.1) is 0 Å². The second-order valence-corrected chi connectivity index (χ2v) is 4.94. The van der Waals surface area contributed by atoms with Crippen LogP contribution in [0.4, 0.5) is 0 Å². The summed E-state index contributed by atoms with van der Waals surface area (Å²) in [7, 11) is 2.00. The third-order valence-corrected chi connectivity index (χ3v) is 3.88. The number of rotatable bonds is 2. The summed E-state index contributed by atoms with van der Waals surface area (Å²) in [5.74, 6) is -0.368. The molecule has 0 fully saturated rings. The van der Waals surface area contributed by atoms with E-state index in [1.54, 1.807) is 6.07 Å². The van der Waals surface area contributed by atoms with Gasteiger partial charge < -0.3 is 16.0 Å². The first kappa shape index (κ1) is 14.6. The fourth-order valence-corrected chi connectivity index (χ4v) is 2.82.